The number of ether oxygens (including phenoxy) is 2. The molecule has 0 aliphatic heterocycles. The van der Waals surface area contributed by atoms with E-state index in [1.54, 1.807) is 25.3 Å². The van der Waals surface area contributed by atoms with Crippen LogP contribution in [-0.2, 0) is 13.1 Å². The number of hydrogen-bond donors (Lipinski definition) is 2. The molecule has 0 aromatic heterocycles. The van der Waals surface area contributed by atoms with E-state index >= 15 is 0 Å². The summed E-state index contributed by atoms with van der Waals surface area (Å²) in [7, 11) is 1.65. The highest BCUT2D eigenvalue weighted by atomic mass is 16.5. The third-order valence-electron chi connectivity index (χ3n) is 4.69. The Kier molecular flexibility index (Phi) is 6.12. The molecule has 0 radical (unpaired) electrons. The van der Waals surface area contributed by atoms with Crippen LogP contribution in [0.15, 0.2) is 42.5 Å². The average Bonchev–Trinajstić information content (AvgIpc) is 3.16. The Hall–Kier alpha value is -2.53. The molecule has 2 aromatic rings. The van der Waals surface area contributed by atoms with Gasteiger partial charge in [-0.3, -0.25) is 0 Å². The summed E-state index contributed by atoms with van der Waals surface area (Å²) in [5, 5.41) is 12.5. The normalized spacial score (nSPS) is 14.3. The number of methoxy groups -OCH3 is 1. The summed E-state index contributed by atoms with van der Waals surface area (Å²) in [6.45, 7) is 1.24. The van der Waals surface area contributed by atoms with Crippen molar-refractivity contribution in [1.82, 2.24) is 5.32 Å². The first-order chi connectivity index (χ1) is 12.7. The van der Waals surface area contributed by atoms with Gasteiger partial charge in [-0.15, -0.1) is 0 Å². The van der Waals surface area contributed by atoms with Gasteiger partial charge in [-0.05, 0) is 49.4 Å². The highest BCUT2D eigenvalue weighted by Crippen LogP contribution is 2.30. The van der Waals surface area contributed by atoms with Crippen LogP contribution in [-0.4, -0.2) is 24.3 Å². The first kappa shape index (κ1) is 18.3. The Morgan fingerprint density at radius 3 is 2.69 bits per heavy atom. The van der Waals surface area contributed by atoms with Crippen molar-refractivity contribution >= 4 is 5.97 Å². The standard InChI is InChI=1S/C21H25NO4/c1-25-19-10-9-17(20(12-19)26-18-7-2-3-8-18)14-22-13-15-5-4-6-16(11-15)21(23)24/h4-6,9-12,18,22H,2-3,7-8,13-14H2,1H3,(H,23,24). The molecule has 0 atom stereocenters. The molecule has 1 aliphatic rings. The minimum Gasteiger partial charge on any atom is -0.497 e. The fraction of sp³-hybridized carbons (Fsp3) is 0.381. The quantitative estimate of drug-likeness (QED) is 0.749. The Bertz CT molecular complexity index is 753. The number of benzene rings is 2. The van der Waals surface area contributed by atoms with Crippen molar-refractivity contribution < 1.29 is 19.4 Å². The van der Waals surface area contributed by atoms with Gasteiger partial charge in [-0.1, -0.05) is 18.2 Å². The van der Waals surface area contributed by atoms with Gasteiger partial charge in [0.25, 0.3) is 0 Å². The summed E-state index contributed by atoms with van der Waals surface area (Å²) in [5.74, 6) is 0.744. The zero-order chi connectivity index (χ0) is 18.4. The van der Waals surface area contributed by atoms with E-state index in [4.69, 9.17) is 14.6 Å². The van der Waals surface area contributed by atoms with Gasteiger partial charge in [-0.2, -0.15) is 0 Å². The van der Waals surface area contributed by atoms with Crippen LogP contribution in [0.2, 0.25) is 0 Å². The zero-order valence-electron chi connectivity index (χ0n) is 15.0. The highest BCUT2D eigenvalue weighted by molar-refractivity contribution is 5.87. The van der Waals surface area contributed by atoms with Gasteiger partial charge in [-0.25, -0.2) is 4.79 Å². The Morgan fingerprint density at radius 1 is 1.15 bits per heavy atom. The predicted molar refractivity (Wildman–Crippen MR) is 99.8 cm³/mol. The molecular formula is C21H25NO4. The van der Waals surface area contributed by atoms with Crippen molar-refractivity contribution in [3.05, 3.63) is 59.2 Å². The number of carboxylic acids is 1. The van der Waals surface area contributed by atoms with Crippen molar-refractivity contribution in [3.63, 3.8) is 0 Å². The molecule has 0 spiro atoms. The predicted octanol–water partition coefficient (Wildman–Crippen LogP) is 4.00. The Balaban J connectivity index is 1.64. The summed E-state index contributed by atoms with van der Waals surface area (Å²) in [4.78, 5) is 11.1. The molecule has 1 aliphatic carbocycles. The number of carbonyl (C=O) groups is 1. The molecular weight excluding hydrogens is 330 g/mol. The maximum absolute atomic E-state index is 11.1. The van der Waals surface area contributed by atoms with Crippen LogP contribution in [0.3, 0.4) is 0 Å². The van der Waals surface area contributed by atoms with E-state index in [0.29, 0.717) is 18.7 Å². The third-order valence-corrected chi connectivity index (χ3v) is 4.69. The van der Waals surface area contributed by atoms with Crippen LogP contribution in [0, 0.1) is 0 Å². The molecule has 5 heteroatoms. The molecule has 0 bridgehead atoms. The van der Waals surface area contributed by atoms with E-state index < -0.39 is 5.97 Å². The SMILES string of the molecule is COc1ccc(CNCc2cccc(C(=O)O)c2)c(OC2CCCC2)c1. The largest absolute Gasteiger partial charge is 0.497 e. The number of aromatic carboxylic acids is 1. The van der Waals surface area contributed by atoms with Gasteiger partial charge in [0, 0.05) is 24.7 Å². The summed E-state index contributed by atoms with van der Waals surface area (Å²) in [6.07, 6.45) is 4.94. The molecule has 2 N–H and O–H groups in total. The minimum absolute atomic E-state index is 0.285. The van der Waals surface area contributed by atoms with Gasteiger partial charge < -0.3 is 19.9 Å². The number of rotatable bonds is 8. The first-order valence-corrected chi connectivity index (χ1v) is 9.02. The van der Waals surface area contributed by atoms with E-state index in [0.717, 1.165) is 35.5 Å². The lowest BCUT2D eigenvalue weighted by atomic mass is 10.1. The molecule has 0 saturated heterocycles. The Morgan fingerprint density at radius 2 is 1.96 bits per heavy atom. The Labute approximate surface area is 153 Å². The molecule has 0 heterocycles. The molecule has 26 heavy (non-hydrogen) atoms. The molecule has 0 unspecified atom stereocenters. The van der Waals surface area contributed by atoms with Crippen LogP contribution in [0.25, 0.3) is 0 Å². The molecule has 1 saturated carbocycles. The highest BCUT2D eigenvalue weighted by Gasteiger charge is 2.18. The van der Waals surface area contributed by atoms with Crippen molar-refractivity contribution in [2.75, 3.05) is 7.11 Å². The summed E-state index contributed by atoms with van der Waals surface area (Å²) in [6, 6.07) is 12.9. The van der Waals surface area contributed by atoms with Gasteiger partial charge in [0.2, 0.25) is 0 Å². The number of nitrogens with one attached hydrogen (secondary N) is 1. The summed E-state index contributed by atoms with van der Waals surface area (Å²) in [5.41, 5.74) is 2.32. The van der Waals surface area contributed by atoms with E-state index in [9.17, 15) is 4.79 Å². The van der Waals surface area contributed by atoms with E-state index in [1.165, 1.54) is 12.8 Å². The third kappa shape index (κ3) is 4.76. The smallest absolute Gasteiger partial charge is 0.335 e. The lowest BCUT2D eigenvalue weighted by Crippen LogP contribution is -2.16. The lowest BCUT2D eigenvalue weighted by Gasteiger charge is -2.18. The second-order valence-electron chi connectivity index (χ2n) is 6.61. The van der Waals surface area contributed by atoms with Gasteiger partial charge in [0.15, 0.2) is 0 Å². The van der Waals surface area contributed by atoms with E-state index in [2.05, 4.69) is 5.32 Å². The van der Waals surface area contributed by atoms with Crippen LogP contribution >= 0.6 is 0 Å². The summed E-state index contributed by atoms with van der Waals surface area (Å²) < 4.78 is 11.5. The molecule has 2 aromatic carbocycles. The zero-order valence-corrected chi connectivity index (χ0v) is 15.0. The van der Waals surface area contributed by atoms with Crippen LogP contribution in [0.5, 0.6) is 11.5 Å². The average molecular weight is 355 g/mol. The van der Waals surface area contributed by atoms with Crippen molar-refractivity contribution in [3.8, 4) is 11.5 Å². The van der Waals surface area contributed by atoms with Gasteiger partial charge in [0.1, 0.15) is 11.5 Å². The first-order valence-electron chi connectivity index (χ1n) is 9.02. The van der Waals surface area contributed by atoms with Crippen LogP contribution in [0.4, 0.5) is 0 Å². The maximum Gasteiger partial charge on any atom is 0.335 e. The second kappa shape index (κ2) is 8.72. The van der Waals surface area contributed by atoms with E-state index in [-0.39, 0.29) is 6.10 Å². The molecule has 3 rings (SSSR count). The summed E-state index contributed by atoms with van der Waals surface area (Å²) >= 11 is 0. The lowest BCUT2D eigenvalue weighted by molar-refractivity contribution is 0.0696. The number of carboxylic acid groups (broad SMARTS) is 1. The molecule has 5 nitrogen and oxygen atoms in total. The van der Waals surface area contributed by atoms with Crippen molar-refractivity contribution in [2.45, 2.75) is 44.9 Å². The van der Waals surface area contributed by atoms with E-state index in [1.807, 2.05) is 24.3 Å². The van der Waals surface area contributed by atoms with Crippen molar-refractivity contribution in [2.24, 2.45) is 0 Å². The van der Waals surface area contributed by atoms with Crippen molar-refractivity contribution in [1.29, 1.82) is 0 Å². The van der Waals surface area contributed by atoms with Gasteiger partial charge in [0.05, 0.1) is 18.8 Å². The molecule has 138 valence electrons. The monoisotopic (exact) mass is 355 g/mol. The topological polar surface area (TPSA) is 67.8 Å². The fourth-order valence-electron chi connectivity index (χ4n) is 3.26. The fourth-order valence-corrected chi connectivity index (χ4v) is 3.26. The second-order valence-corrected chi connectivity index (χ2v) is 6.61. The van der Waals surface area contributed by atoms with Crippen LogP contribution < -0.4 is 14.8 Å². The minimum atomic E-state index is -0.908. The number of hydrogen-bond acceptors (Lipinski definition) is 4. The van der Waals surface area contributed by atoms with Gasteiger partial charge >= 0.3 is 5.97 Å². The maximum atomic E-state index is 11.1. The van der Waals surface area contributed by atoms with Crippen LogP contribution in [0.1, 0.15) is 47.2 Å². The molecule has 0 amide bonds. The molecule has 1 fully saturated rings.